The molecule has 10 heteroatoms. The molecule has 1 aromatic carbocycles. The number of likely N-dealkylation sites (tertiary alicyclic amines) is 1. The number of aromatic nitrogens is 4. The average molecular weight is 495 g/mol. The number of imidazole rings is 1. The molecular weight excluding hydrogens is 463 g/mol. The number of nitriles is 1. The van der Waals surface area contributed by atoms with Crippen LogP contribution < -0.4 is 4.74 Å². The number of amides is 1. The zero-order valence-electron chi connectivity index (χ0n) is 21.3. The molecule has 0 unspecified atom stereocenters. The Hall–Kier alpha value is -3.74. The minimum absolute atomic E-state index is 0.00259. The summed E-state index contributed by atoms with van der Waals surface area (Å²) in [5.41, 5.74) is 2.05. The highest BCUT2D eigenvalue weighted by molar-refractivity contribution is 5.88. The van der Waals surface area contributed by atoms with Gasteiger partial charge < -0.3 is 18.9 Å². The number of hydrogen-bond acceptors (Lipinski definition) is 7. The Morgan fingerprint density at radius 3 is 2.61 bits per heavy atom. The molecule has 0 N–H and O–H groups in total. The number of ether oxygens (including phenoxy) is 2. The van der Waals surface area contributed by atoms with Gasteiger partial charge in [-0.25, -0.2) is 19.2 Å². The molecule has 3 heterocycles. The zero-order valence-corrected chi connectivity index (χ0v) is 21.3. The Balaban J connectivity index is 1.39. The Morgan fingerprint density at radius 1 is 1.25 bits per heavy atom. The molecular formula is C26H31FN6O3. The molecule has 4 rings (SSSR count). The Morgan fingerprint density at radius 2 is 1.97 bits per heavy atom. The number of carbonyl (C=O) groups is 1. The van der Waals surface area contributed by atoms with Gasteiger partial charge in [0.1, 0.15) is 22.9 Å². The molecule has 3 aromatic rings. The van der Waals surface area contributed by atoms with E-state index in [9.17, 15) is 10.1 Å². The van der Waals surface area contributed by atoms with Crippen molar-refractivity contribution >= 4 is 17.3 Å². The summed E-state index contributed by atoms with van der Waals surface area (Å²) in [6, 6.07) is 5.10. The maximum Gasteiger partial charge on any atom is 0.410 e. The lowest BCUT2D eigenvalue weighted by molar-refractivity contribution is 0.0177. The van der Waals surface area contributed by atoms with E-state index in [0.717, 1.165) is 19.3 Å². The Labute approximate surface area is 209 Å². The van der Waals surface area contributed by atoms with Crippen LogP contribution in [-0.2, 0) is 11.8 Å². The summed E-state index contributed by atoms with van der Waals surface area (Å²) in [5.74, 6) is 0.106. The van der Waals surface area contributed by atoms with Crippen molar-refractivity contribution in [2.75, 3.05) is 19.7 Å². The lowest BCUT2D eigenvalue weighted by Gasteiger charge is -2.33. The second kappa shape index (κ2) is 10.1. The molecule has 0 spiro atoms. The van der Waals surface area contributed by atoms with Crippen LogP contribution in [0.5, 0.6) is 5.75 Å². The fourth-order valence-corrected chi connectivity index (χ4v) is 4.37. The van der Waals surface area contributed by atoms with E-state index < -0.39 is 11.4 Å². The molecule has 0 atom stereocenters. The van der Waals surface area contributed by atoms with Crippen molar-refractivity contribution in [1.82, 2.24) is 24.4 Å². The maximum absolute atomic E-state index is 15.1. The van der Waals surface area contributed by atoms with E-state index in [1.54, 1.807) is 35.8 Å². The first-order valence-corrected chi connectivity index (χ1v) is 12.1. The molecule has 0 aliphatic carbocycles. The van der Waals surface area contributed by atoms with E-state index >= 15 is 4.39 Å². The number of carbonyl (C=O) groups excluding carboxylic acids is 1. The lowest BCUT2D eigenvalue weighted by Crippen LogP contribution is -2.41. The van der Waals surface area contributed by atoms with E-state index in [1.165, 1.54) is 6.07 Å². The van der Waals surface area contributed by atoms with Crippen molar-refractivity contribution in [3.63, 3.8) is 0 Å². The summed E-state index contributed by atoms with van der Waals surface area (Å²) in [7, 11) is 1.78. The van der Waals surface area contributed by atoms with Gasteiger partial charge in [-0.1, -0.05) is 0 Å². The number of nitrogens with zero attached hydrogens (tertiary/aromatic N) is 6. The smallest absolute Gasteiger partial charge is 0.410 e. The fraction of sp³-hybridized carbons (Fsp3) is 0.500. The SMILES string of the molecule is Cc1cc(-c2nc(C#N)nc3c2ncn3C)cc(F)c1OCCC1CCN(C(=O)OC(C)(C)C)CC1. The normalized spacial score (nSPS) is 14.6. The highest BCUT2D eigenvalue weighted by atomic mass is 19.1. The van der Waals surface area contributed by atoms with Crippen LogP contribution in [0, 0.1) is 30.0 Å². The summed E-state index contributed by atoms with van der Waals surface area (Å²) >= 11 is 0. The molecule has 2 aromatic heterocycles. The number of halogens is 1. The van der Waals surface area contributed by atoms with E-state index in [1.807, 2.05) is 26.8 Å². The monoisotopic (exact) mass is 494 g/mol. The first-order valence-electron chi connectivity index (χ1n) is 12.1. The van der Waals surface area contributed by atoms with Gasteiger partial charge in [-0.3, -0.25) is 0 Å². The Bertz CT molecular complexity index is 1290. The van der Waals surface area contributed by atoms with Crippen LogP contribution in [0.25, 0.3) is 22.4 Å². The van der Waals surface area contributed by atoms with Crippen LogP contribution in [0.4, 0.5) is 9.18 Å². The minimum atomic E-state index is -0.506. The number of aryl methyl sites for hydroxylation is 2. The Kier molecular flexibility index (Phi) is 7.11. The van der Waals surface area contributed by atoms with Gasteiger partial charge in [0.05, 0.1) is 12.9 Å². The van der Waals surface area contributed by atoms with Crippen LogP contribution >= 0.6 is 0 Å². The summed E-state index contributed by atoms with van der Waals surface area (Å²) < 4.78 is 28.1. The zero-order chi connectivity index (χ0) is 26.0. The quantitative estimate of drug-likeness (QED) is 0.503. The topological polar surface area (TPSA) is 106 Å². The van der Waals surface area contributed by atoms with Crippen LogP contribution in [0.1, 0.15) is 51.4 Å². The molecule has 1 amide bonds. The molecule has 36 heavy (non-hydrogen) atoms. The fourth-order valence-electron chi connectivity index (χ4n) is 4.37. The summed E-state index contributed by atoms with van der Waals surface area (Å²) in [5, 5.41) is 9.32. The van der Waals surface area contributed by atoms with Crippen LogP contribution in [0.3, 0.4) is 0 Å². The molecule has 1 saturated heterocycles. The van der Waals surface area contributed by atoms with E-state index in [0.29, 0.717) is 53.6 Å². The first-order chi connectivity index (χ1) is 17.1. The molecule has 0 radical (unpaired) electrons. The lowest BCUT2D eigenvalue weighted by atomic mass is 9.94. The van der Waals surface area contributed by atoms with Gasteiger partial charge in [0, 0.05) is 25.7 Å². The molecule has 1 fully saturated rings. The van der Waals surface area contributed by atoms with Crippen molar-refractivity contribution < 1.29 is 18.7 Å². The second-order valence-electron chi connectivity index (χ2n) is 10.2. The minimum Gasteiger partial charge on any atom is -0.490 e. The summed E-state index contributed by atoms with van der Waals surface area (Å²) in [6.07, 6.45) is 3.80. The van der Waals surface area contributed by atoms with Crippen LogP contribution in [0.2, 0.25) is 0 Å². The van der Waals surface area contributed by atoms with Crippen molar-refractivity contribution in [1.29, 1.82) is 5.26 Å². The second-order valence-corrected chi connectivity index (χ2v) is 10.2. The van der Waals surface area contributed by atoms with Crippen molar-refractivity contribution in [3.8, 4) is 23.1 Å². The third-order valence-electron chi connectivity index (χ3n) is 6.20. The highest BCUT2D eigenvalue weighted by Gasteiger charge is 2.27. The van der Waals surface area contributed by atoms with Gasteiger partial charge in [-0.2, -0.15) is 10.2 Å². The third-order valence-corrected chi connectivity index (χ3v) is 6.20. The van der Waals surface area contributed by atoms with Gasteiger partial charge in [-0.05, 0) is 70.6 Å². The predicted molar refractivity (Wildman–Crippen MR) is 132 cm³/mol. The van der Waals surface area contributed by atoms with Crippen molar-refractivity contribution in [2.24, 2.45) is 13.0 Å². The summed E-state index contributed by atoms with van der Waals surface area (Å²) in [4.78, 5) is 26.8. The molecule has 0 saturated carbocycles. The van der Waals surface area contributed by atoms with Gasteiger partial charge in [0.25, 0.3) is 0 Å². The number of rotatable bonds is 5. The molecule has 1 aliphatic rings. The van der Waals surface area contributed by atoms with Crippen molar-refractivity contribution in [3.05, 3.63) is 35.7 Å². The standard InChI is InChI=1S/C26H31FN6O3/c1-16-12-18(21-22-24(32(5)15-29-22)31-20(14-28)30-21)13-19(27)23(16)35-11-8-17-6-9-33(10-7-17)25(34)36-26(2,3)4/h12-13,15,17H,6-11H2,1-5H3. The van der Waals surface area contributed by atoms with Gasteiger partial charge in [-0.15, -0.1) is 0 Å². The van der Waals surface area contributed by atoms with Crippen molar-refractivity contribution in [2.45, 2.75) is 52.6 Å². The summed E-state index contributed by atoms with van der Waals surface area (Å²) in [6.45, 7) is 9.03. The highest BCUT2D eigenvalue weighted by Crippen LogP contribution is 2.32. The number of piperidine rings is 1. The van der Waals surface area contributed by atoms with Crippen LogP contribution in [0.15, 0.2) is 18.5 Å². The molecule has 1 aliphatic heterocycles. The number of benzene rings is 1. The molecule has 0 bridgehead atoms. The van der Waals surface area contributed by atoms with E-state index in [2.05, 4.69) is 15.0 Å². The average Bonchev–Trinajstić information content (AvgIpc) is 3.20. The first kappa shape index (κ1) is 25.4. The maximum atomic E-state index is 15.1. The number of fused-ring (bicyclic) bond motifs is 1. The molecule has 9 nitrogen and oxygen atoms in total. The van der Waals surface area contributed by atoms with Gasteiger partial charge in [0.15, 0.2) is 17.2 Å². The third kappa shape index (κ3) is 5.56. The largest absolute Gasteiger partial charge is 0.490 e. The van der Waals surface area contributed by atoms with Crippen LogP contribution in [-0.4, -0.2) is 55.8 Å². The molecule has 190 valence electrons. The van der Waals surface area contributed by atoms with E-state index in [4.69, 9.17) is 9.47 Å². The van der Waals surface area contributed by atoms with Gasteiger partial charge >= 0.3 is 6.09 Å². The van der Waals surface area contributed by atoms with E-state index in [-0.39, 0.29) is 17.7 Å². The van der Waals surface area contributed by atoms with Gasteiger partial charge in [0.2, 0.25) is 5.82 Å². The predicted octanol–water partition coefficient (Wildman–Crippen LogP) is 4.77. The number of hydrogen-bond donors (Lipinski definition) is 0.